The number of hydrogen-bond acceptors (Lipinski definition) is 4. The summed E-state index contributed by atoms with van der Waals surface area (Å²) in [5, 5.41) is 1.49. The molecule has 33 heavy (non-hydrogen) atoms. The molecule has 0 atom stereocenters. The Balaban J connectivity index is 1.48. The lowest BCUT2D eigenvalue weighted by Gasteiger charge is -2.14. The fraction of sp³-hybridized carbons (Fsp3) is 0.0833. The van der Waals surface area contributed by atoms with Crippen molar-refractivity contribution < 1.29 is 14.3 Å². The van der Waals surface area contributed by atoms with Gasteiger partial charge in [-0.05, 0) is 59.8 Å². The Hall–Kier alpha value is -2.15. The van der Waals surface area contributed by atoms with E-state index in [1.54, 1.807) is 60.7 Å². The van der Waals surface area contributed by atoms with Gasteiger partial charge < -0.3 is 4.74 Å². The Morgan fingerprint density at radius 2 is 1.61 bits per heavy atom. The molecule has 0 saturated carbocycles. The second-order valence-electron chi connectivity index (χ2n) is 7.06. The van der Waals surface area contributed by atoms with Crippen LogP contribution in [-0.2, 0) is 17.9 Å². The van der Waals surface area contributed by atoms with Crippen molar-refractivity contribution in [2.45, 2.75) is 13.2 Å². The highest BCUT2D eigenvalue weighted by molar-refractivity contribution is 8.18. The van der Waals surface area contributed by atoms with Crippen molar-refractivity contribution in [2.75, 3.05) is 0 Å². The molecule has 0 spiro atoms. The van der Waals surface area contributed by atoms with Crippen LogP contribution < -0.4 is 4.74 Å². The average molecular weight is 539 g/mol. The summed E-state index contributed by atoms with van der Waals surface area (Å²) in [4.78, 5) is 26.8. The first-order valence-electron chi connectivity index (χ1n) is 9.67. The van der Waals surface area contributed by atoms with Gasteiger partial charge in [-0.2, -0.15) is 0 Å². The molecule has 4 rings (SSSR count). The molecular weight excluding hydrogens is 524 g/mol. The third kappa shape index (κ3) is 5.68. The predicted molar refractivity (Wildman–Crippen MR) is 135 cm³/mol. The van der Waals surface area contributed by atoms with Gasteiger partial charge in [0, 0.05) is 31.2 Å². The number of thioether (sulfide) groups is 1. The maximum atomic E-state index is 12.9. The molecular formula is C24H15Cl4NO3S. The summed E-state index contributed by atoms with van der Waals surface area (Å²) >= 11 is 25.4. The van der Waals surface area contributed by atoms with Crippen molar-refractivity contribution in [3.8, 4) is 5.75 Å². The lowest BCUT2D eigenvalue weighted by Crippen LogP contribution is -2.27. The minimum Gasteiger partial charge on any atom is -0.489 e. The van der Waals surface area contributed by atoms with Gasteiger partial charge in [-0.15, -0.1) is 0 Å². The minimum atomic E-state index is -0.403. The minimum absolute atomic E-state index is 0.00547. The molecule has 2 amide bonds. The van der Waals surface area contributed by atoms with Crippen molar-refractivity contribution in [1.82, 2.24) is 4.90 Å². The van der Waals surface area contributed by atoms with E-state index in [1.165, 1.54) is 0 Å². The number of carbonyl (C=O) groups excluding carboxylic acids is 2. The van der Waals surface area contributed by atoms with Crippen LogP contribution in [0.3, 0.4) is 0 Å². The van der Waals surface area contributed by atoms with Gasteiger partial charge in [-0.1, -0.05) is 70.7 Å². The number of imide groups is 1. The fourth-order valence-corrected chi connectivity index (χ4v) is 4.94. The van der Waals surface area contributed by atoms with Crippen molar-refractivity contribution in [2.24, 2.45) is 0 Å². The third-order valence-electron chi connectivity index (χ3n) is 4.82. The van der Waals surface area contributed by atoms with Crippen LogP contribution in [0.5, 0.6) is 5.75 Å². The zero-order chi connectivity index (χ0) is 23.5. The molecule has 1 heterocycles. The average Bonchev–Trinajstić information content (AvgIpc) is 3.03. The largest absolute Gasteiger partial charge is 0.489 e. The number of benzene rings is 3. The number of rotatable bonds is 6. The van der Waals surface area contributed by atoms with Crippen molar-refractivity contribution in [3.05, 3.63) is 102 Å². The lowest BCUT2D eigenvalue weighted by molar-refractivity contribution is -0.123. The summed E-state index contributed by atoms with van der Waals surface area (Å²) in [5.74, 6) is 0.192. The molecule has 0 N–H and O–H groups in total. The molecule has 168 valence electrons. The van der Waals surface area contributed by atoms with E-state index in [-0.39, 0.29) is 18.4 Å². The number of hydrogen-bond donors (Lipinski definition) is 0. The molecule has 0 radical (unpaired) electrons. The third-order valence-corrected chi connectivity index (χ3v) is 7.02. The fourth-order valence-electron chi connectivity index (χ4n) is 3.12. The van der Waals surface area contributed by atoms with Gasteiger partial charge in [-0.25, -0.2) is 0 Å². The number of carbonyl (C=O) groups is 2. The number of ether oxygens (including phenoxy) is 1. The van der Waals surface area contributed by atoms with E-state index >= 15 is 0 Å². The first-order chi connectivity index (χ1) is 15.8. The number of halogens is 4. The Kier molecular flexibility index (Phi) is 7.57. The Morgan fingerprint density at radius 3 is 2.33 bits per heavy atom. The van der Waals surface area contributed by atoms with Gasteiger partial charge in [0.1, 0.15) is 12.4 Å². The van der Waals surface area contributed by atoms with E-state index in [0.717, 1.165) is 27.8 Å². The summed E-state index contributed by atoms with van der Waals surface area (Å²) < 4.78 is 5.84. The van der Waals surface area contributed by atoms with Crippen LogP contribution in [0.25, 0.3) is 6.08 Å². The standard InChI is InChI=1S/C24H15Cl4NO3S/c25-16-8-7-15(21(28)11-16)13-32-17-4-1-3-14(9-17)10-22-23(30)29(24(31)33-22)12-18-19(26)5-2-6-20(18)27/h1-11H,12-13H2/b22-10+. The van der Waals surface area contributed by atoms with E-state index in [0.29, 0.717) is 36.3 Å². The van der Waals surface area contributed by atoms with Crippen LogP contribution in [0.2, 0.25) is 20.1 Å². The maximum Gasteiger partial charge on any atom is 0.293 e. The zero-order valence-electron chi connectivity index (χ0n) is 16.9. The molecule has 1 aliphatic heterocycles. The second kappa shape index (κ2) is 10.4. The molecule has 0 aliphatic carbocycles. The quantitative estimate of drug-likeness (QED) is 0.297. The van der Waals surface area contributed by atoms with Crippen molar-refractivity contribution in [1.29, 1.82) is 0 Å². The van der Waals surface area contributed by atoms with E-state index in [4.69, 9.17) is 51.1 Å². The highest BCUT2D eigenvalue weighted by atomic mass is 35.5. The van der Waals surface area contributed by atoms with Gasteiger partial charge in [0.15, 0.2) is 0 Å². The normalized spacial score (nSPS) is 14.9. The molecule has 0 aromatic heterocycles. The molecule has 3 aromatic rings. The second-order valence-corrected chi connectivity index (χ2v) is 9.72. The van der Waals surface area contributed by atoms with Crippen LogP contribution in [0.4, 0.5) is 4.79 Å². The van der Waals surface area contributed by atoms with Crippen LogP contribution in [-0.4, -0.2) is 16.0 Å². The van der Waals surface area contributed by atoms with Crippen LogP contribution >= 0.6 is 58.2 Å². The number of amides is 2. The van der Waals surface area contributed by atoms with Crippen LogP contribution in [0, 0.1) is 0 Å². The molecule has 9 heteroatoms. The maximum absolute atomic E-state index is 12.9. The van der Waals surface area contributed by atoms with Gasteiger partial charge in [0.25, 0.3) is 11.1 Å². The van der Waals surface area contributed by atoms with E-state index in [9.17, 15) is 9.59 Å². The molecule has 1 aliphatic rings. The first kappa shape index (κ1) is 24.0. The molecule has 0 unspecified atom stereocenters. The smallest absolute Gasteiger partial charge is 0.293 e. The van der Waals surface area contributed by atoms with Crippen LogP contribution in [0.15, 0.2) is 65.6 Å². The van der Waals surface area contributed by atoms with Gasteiger partial charge in [0.05, 0.1) is 11.4 Å². The Bertz CT molecular complexity index is 1260. The first-order valence-corrected chi connectivity index (χ1v) is 12.0. The zero-order valence-corrected chi connectivity index (χ0v) is 20.7. The van der Waals surface area contributed by atoms with Gasteiger partial charge in [-0.3, -0.25) is 14.5 Å². The van der Waals surface area contributed by atoms with Gasteiger partial charge >= 0.3 is 0 Å². The topological polar surface area (TPSA) is 46.6 Å². The summed E-state index contributed by atoms with van der Waals surface area (Å²) in [6, 6.07) is 17.4. The monoisotopic (exact) mass is 537 g/mol. The van der Waals surface area contributed by atoms with E-state index in [2.05, 4.69) is 0 Å². The summed E-state index contributed by atoms with van der Waals surface area (Å²) in [7, 11) is 0. The molecule has 0 bridgehead atoms. The predicted octanol–water partition coefficient (Wildman–Crippen LogP) is 8.12. The molecule has 3 aromatic carbocycles. The lowest BCUT2D eigenvalue weighted by atomic mass is 10.2. The Labute approximate surface area is 215 Å². The highest BCUT2D eigenvalue weighted by Crippen LogP contribution is 2.36. The summed E-state index contributed by atoms with van der Waals surface area (Å²) in [6.45, 7) is 0.264. The van der Waals surface area contributed by atoms with Gasteiger partial charge in [0.2, 0.25) is 0 Å². The van der Waals surface area contributed by atoms with E-state index < -0.39 is 5.91 Å². The highest BCUT2D eigenvalue weighted by Gasteiger charge is 2.35. The molecule has 1 fully saturated rings. The molecule has 1 saturated heterocycles. The summed E-state index contributed by atoms with van der Waals surface area (Å²) in [5.41, 5.74) is 2.04. The SMILES string of the molecule is O=C1S/C(=C/c2cccc(OCc3ccc(Cl)cc3Cl)c2)C(=O)N1Cc1c(Cl)cccc1Cl. The molecule has 4 nitrogen and oxygen atoms in total. The summed E-state index contributed by atoms with van der Waals surface area (Å²) in [6.07, 6.45) is 1.65. The van der Waals surface area contributed by atoms with Crippen molar-refractivity contribution in [3.63, 3.8) is 0 Å². The number of nitrogens with zero attached hydrogens (tertiary/aromatic N) is 1. The Morgan fingerprint density at radius 1 is 0.879 bits per heavy atom. The van der Waals surface area contributed by atoms with Crippen LogP contribution in [0.1, 0.15) is 16.7 Å². The van der Waals surface area contributed by atoms with Crippen molar-refractivity contribution >= 4 is 75.4 Å². The van der Waals surface area contributed by atoms with E-state index in [1.807, 2.05) is 6.07 Å².